The van der Waals surface area contributed by atoms with Gasteiger partial charge in [-0.05, 0) is 31.6 Å². The molecular formula is C17H33IN4O3S. The first kappa shape index (κ1) is 22.2. The minimum Gasteiger partial charge on any atom is -0.379 e. The van der Waals surface area contributed by atoms with E-state index in [4.69, 9.17) is 4.74 Å². The van der Waals surface area contributed by atoms with E-state index < -0.39 is 10.0 Å². The zero-order chi connectivity index (χ0) is 17.7. The van der Waals surface area contributed by atoms with Gasteiger partial charge in [-0.25, -0.2) is 8.42 Å². The van der Waals surface area contributed by atoms with Crippen molar-refractivity contribution >= 4 is 40.0 Å². The van der Waals surface area contributed by atoms with Crippen molar-refractivity contribution in [3.63, 3.8) is 0 Å². The Morgan fingerprint density at radius 1 is 1.15 bits per heavy atom. The van der Waals surface area contributed by atoms with Crippen LogP contribution in [-0.4, -0.2) is 81.8 Å². The fraction of sp³-hybridized carbons (Fsp3) is 0.941. The summed E-state index contributed by atoms with van der Waals surface area (Å²) in [6, 6.07) is 0. The average Bonchev–Trinajstić information content (AvgIpc) is 3.06. The number of guanidine groups is 1. The Labute approximate surface area is 175 Å². The molecule has 2 atom stereocenters. The van der Waals surface area contributed by atoms with Gasteiger partial charge >= 0.3 is 0 Å². The van der Waals surface area contributed by atoms with E-state index >= 15 is 0 Å². The van der Waals surface area contributed by atoms with Crippen molar-refractivity contribution in [3.8, 4) is 0 Å². The molecule has 0 radical (unpaired) electrons. The topological polar surface area (TPSA) is 74.2 Å². The second-order valence-corrected chi connectivity index (χ2v) is 9.36. The van der Waals surface area contributed by atoms with Gasteiger partial charge in [0, 0.05) is 32.7 Å². The summed E-state index contributed by atoms with van der Waals surface area (Å²) in [5, 5.41) is 3.35. The van der Waals surface area contributed by atoms with Crippen molar-refractivity contribution in [2.45, 2.75) is 32.6 Å². The Hall–Kier alpha value is -0.130. The summed E-state index contributed by atoms with van der Waals surface area (Å²) in [4.78, 5) is 6.97. The predicted octanol–water partition coefficient (Wildman–Crippen LogP) is 1.35. The predicted molar refractivity (Wildman–Crippen MR) is 115 cm³/mol. The fourth-order valence-electron chi connectivity index (χ4n) is 4.23. The molecule has 2 heterocycles. The summed E-state index contributed by atoms with van der Waals surface area (Å²) in [5.41, 5.74) is 0. The molecule has 2 unspecified atom stereocenters. The third kappa shape index (κ3) is 5.68. The lowest BCUT2D eigenvalue weighted by Crippen LogP contribution is -2.43. The quantitative estimate of drug-likeness (QED) is 0.351. The van der Waals surface area contributed by atoms with Crippen LogP contribution in [0.4, 0.5) is 0 Å². The molecule has 0 amide bonds. The van der Waals surface area contributed by atoms with Crippen LogP contribution in [0, 0.1) is 11.8 Å². The molecule has 152 valence electrons. The number of hydrogen-bond acceptors (Lipinski definition) is 4. The zero-order valence-electron chi connectivity index (χ0n) is 15.7. The Morgan fingerprint density at radius 2 is 1.77 bits per heavy atom. The second kappa shape index (κ2) is 10.4. The van der Waals surface area contributed by atoms with Crippen molar-refractivity contribution in [2.24, 2.45) is 16.8 Å². The second-order valence-electron chi connectivity index (χ2n) is 7.27. The Bertz CT molecular complexity index is 552. The highest BCUT2D eigenvalue weighted by Gasteiger charge is 2.35. The maximum Gasteiger partial charge on any atom is 0.216 e. The van der Waals surface area contributed by atoms with Gasteiger partial charge in [-0.3, -0.25) is 4.99 Å². The van der Waals surface area contributed by atoms with Gasteiger partial charge in [0.15, 0.2) is 5.96 Å². The van der Waals surface area contributed by atoms with Gasteiger partial charge in [0.25, 0.3) is 0 Å². The number of nitrogens with one attached hydrogen (secondary N) is 1. The molecule has 1 saturated carbocycles. The van der Waals surface area contributed by atoms with Crippen molar-refractivity contribution < 1.29 is 13.2 Å². The molecule has 3 rings (SSSR count). The van der Waals surface area contributed by atoms with Gasteiger partial charge in [-0.1, -0.05) is 12.8 Å². The van der Waals surface area contributed by atoms with E-state index in [1.807, 2.05) is 0 Å². The highest BCUT2D eigenvalue weighted by atomic mass is 127. The summed E-state index contributed by atoms with van der Waals surface area (Å²) >= 11 is 0. The molecule has 3 aliphatic rings. The standard InChI is InChI=1S/C17H32N4O3S.HI/c1-2-18-17(20-13-15-5-3-4-6-16(15)14-20)19-7-12-25(22,23)21-8-10-24-11-9-21;/h15-16H,2-14H2,1H3,(H,18,19);1H. The highest BCUT2D eigenvalue weighted by Crippen LogP contribution is 2.35. The van der Waals surface area contributed by atoms with E-state index in [0.717, 1.165) is 37.4 Å². The molecule has 0 aromatic rings. The minimum atomic E-state index is -3.24. The molecule has 2 saturated heterocycles. The number of fused-ring (bicyclic) bond motifs is 1. The van der Waals surface area contributed by atoms with E-state index in [1.165, 1.54) is 30.0 Å². The largest absolute Gasteiger partial charge is 0.379 e. The first-order valence-electron chi connectivity index (χ1n) is 9.69. The van der Waals surface area contributed by atoms with E-state index in [9.17, 15) is 8.42 Å². The van der Waals surface area contributed by atoms with E-state index in [2.05, 4.69) is 22.1 Å². The van der Waals surface area contributed by atoms with Crippen LogP contribution >= 0.6 is 24.0 Å². The Kier molecular flexibility index (Phi) is 8.89. The fourth-order valence-corrected chi connectivity index (χ4v) is 5.51. The maximum atomic E-state index is 12.4. The summed E-state index contributed by atoms with van der Waals surface area (Å²) in [6.07, 6.45) is 5.35. The SMILES string of the molecule is CCNC(=NCCS(=O)(=O)N1CCOCC1)N1CC2CCCCC2C1.I. The third-order valence-electron chi connectivity index (χ3n) is 5.58. The number of rotatable bonds is 5. The zero-order valence-corrected chi connectivity index (χ0v) is 18.9. The van der Waals surface area contributed by atoms with Gasteiger partial charge in [0.05, 0.1) is 25.5 Å². The number of likely N-dealkylation sites (tertiary alicyclic amines) is 1. The molecule has 1 N–H and O–H groups in total. The van der Waals surface area contributed by atoms with Crippen molar-refractivity contribution in [1.29, 1.82) is 0 Å². The van der Waals surface area contributed by atoms with Gasteiger partial charge in [0.2, 0.25) is 10.0 Å². The van der Waals surface area contributed by atoms with Gasteiger partial charge in [0.1, 0.15) is 0 Å². The van der Waals surface area contributed by atoms with Crippen LogP contribution in [0.2, 0.25) is 0 Å². The number of sulfonamides is 1. The lowest BCUT2D eigenvalue weighted by molar-refractivity contribution is 0.0731. The van der Waals surface area contributed by atoms with Crippen molar-refractivity contribution in [3.05, 3.63) is 0 Å². The number of halogens is 1. The molecule has 26 heavy (non-hydrogen) atoms. The monoisotopic (exact) mass is 500 g/mol. The van der Waals surface area contributed by atoms with Crippen LogP contribution in [0.1, 0.15) is 32.6 Å². The van der Waals surface area contributed by atoms with Crippen molar-refractivity contribution in [1.82, 2.24) is 14.5 Å². The summed E-state index contributed by atoms with van der Waals surface area (Å²) in [6.45, 7) is 7.20. The third-order valence-corrected chi connectivity index (χ3v) is 7.44. The molecule has 0 aromatic carbocycles. The van der Waals surface area contributed by atoms with E-state index in [0.29, 0.717) is 32.8 Å². The molecule has 3 fully saturated rings. The summed E-state index contributed by atoms with van der Waals surface area (Å²) in [7, 11) is -3.24. The number of hydrogen-bond donors (Lipinski definition) is 1. The summed E-state index contributed by atoms with van der Waals surface area (Å²) in [5.74, 6) is 2.53. The number of ether oxygens (including phenoxy) is 1. The highest BCUT2D eigenvalue weighted by molar-refractivity contribution is 14.0. The first-order valence-corrected chi connectivity index (χ1v) is 11.3. The molecule has 1 aliphatic carbocycles. The first-order chi connectivity index (χ1) is 12.1. The lowest BCUT2D eigenvalue weighted by Gasteiger charge is -2.26. The smallest absolute Gasteiger partial charge is 0.216 e. The van der Waals surface area contributed by atoms with Gasteiger partial charge in [-0.15, -0.1) is 24.0 Å². The molecule has 0 spiro atoms. The van der Waals surface area contributed by atoms with Crippen LogP contribution in [0.5, 0.6) is 0 Å². The lowest BCUT2D eigenvalue weighted by atomic mass is 9.82. The molecule has 7 nitrogen and oxygen atoms in total. The molecule has 9 heteroatoms. The average molecular weight is 500 g/mol. The van der Waals surface area contributed by atoms with Crippen LogP contribution in [0.25, 0.3) is 0 Å². The molecule has 0 aromatic heterocycles. The van der Waals surface area contributed by atoms with Crippen LogP contribution in [0.3, 0.4) is 0 Å². The van der Waals surface area contributed by atoms with E-state index in [1.54, 1.807) is 0 Å². The molecule has 0 bridgehead atoms. The maximum absolute atomic E-state index is 12.4. The normalized spacial score (nSPS) is 27.7. The Morgan fingerprint density at radius 3 is 2.35 bits per heavy atom. The number of nitrogens with zero attached hydrogens (tertiary/aromatic N) is 3. The van der Waals surface area contributed by atoms with E-state index in [-0.39, 0.29) is 29.7 Å². The van der Waals surface area contributed by atoms with Crippen LogP contribution in [0.15, 0.2) is 4.99 Å². The molecule has 2 aliphatic heterocycles. The minimum absolute atomic E-state index is 0. The Balaban J connectivity index is 0.00000243. The number of morpholine rings is 1. The summed E-state index contributed by atoms with van der Waals surface area (Å²) < 4.78 is 31.6. The van der Waals surface area contributed by atoms with Crippen molar-refractivity contribution in [2.75, 3.05) is 58.2 Å². The number of aliphatic imine (C=N–C) groups is 1. The molecular weight excluding hydrogens is 467 g/mol. The van der Waals surface area contributed by atoms with Crippen LogP contribution < -0.4 is 5.32 Å². The van der Waals surface area contributed by atoms with Gasteiger partial charge < -0.3 is 15.0 Å². The van der Waals surface area contributed by atoms with Crippen LogP contribution in [-0.2, 0) is 14.8 Å². The van der Waals surface area contributed by atoms with Gasteiger partial charge in [-0.2, -0.15) is 4.31 Å².